The number of amides is 1. The smallest absolute Gasteiger partial charge is 0.254 e. The quantitative estimate of drug-likeness (QED) is 0.908. The van der Waals surface area contributed by atoms with Gasteiger partial charge in [-0.3, -0.25) is 4.79 Å². The molecule has 19 heavy (non-hydrogen) atoms. The third-order valence-corrected chi connectivity index (χ3v) is 4.22. The molecule has 2 N–H and O–H groups in total. The number of hydrogen-bond donors (Lipinski definition) is 1. The molecular formula is C16H24N2O. The summed E-state index contributed by atoms with van der Waals surface area (Å²) in [5.41, 5.74) is 8.81. The Kier molecular flexibility index (Phi) is 4.59. The average molecular weight is 260 g/mol. The average Bonchev–Trinajstić information content (AvgIpc) is 2.42. The lowest BCUT2D eigenvalue weighted by Crippen LogP contribution is -2.44. The van der Waals surface area contributed by atoms with Crippen LogP contribution < -0.4 is 5.73 Å². The van der Waals surface area contributed by atoms with E-state index in [0.717, 1.165) is 36.9 Å². The Morgan fingerprint density at radius 1 is 1.37 bits per heavy atom. The number of benzene rings is 1. The van der Waals surface area contributed by atoms with Crippen LogP contribution in [0.5, 0.6) is 0 Å². The molecule has 1 saturated heterocycles. The Bertz CT molecular complexity index is 454. The van der Waals surface area contributed by atoms with Crippen LogP contribution in [0, 0.1) is 13.8 Å². The maximum atomic E-state index is 12.7. The first-order valence-electron chi connectivity index (χ1n) is 7.22. The van der Waals surface area contributed by atoms with Crippen molar-refractivity contribution in [2.24, 2.45) is 5.73 Å². The van der Waals surface area contributed by atoms with Gasteiger partial charge in [-0.25, -0.2) is 0 Å². The zero-order chi connectivity index (χ0) is 13.8. The molecule has 0 aromatic heterocycles. The zero-order valence-corrected chi connectivity index (χ0v) is 12.0. The minimum absolute atomic E-state index is 0.180. The largest absolute Gasteiger partial charge is 0.336 e. The van der Waals surface area contributed by atoms with Crippen molar-refractivity contribution in [1.82, 2.24) is 4.90 Å². The van der Waals surface area contributed by atoms with Gasteiger partial charge in [0.25, 0.3) is 5.91 Å². The molecule has 0 aliphatic carbocycles. The lowest BCUT2D eigenvalue weighted by atomic mass is 9.96. The van der Waals surface area contributed by atoms with Crippen LogP contribution in [0.2, 0.25) is 0 Å². The number of hydrogen-bond acceptors (Lipinski definition) is 2. The summed E-state index contributed by atoms with van der Waals surface area (Å²) in [5, 5.41) is 0. The van der Waals surface area contributed by atoms with Crippen LogP contribution in [-0.2, 0) is 0 Å². The molecule has 1 aliphatic rings. The second-order valence-electron chi connectivity index (χ2n) is 5.47. The standard InChI is InChI=1S/C16H24N2O/c1-12-6-5-8-15(13(12)2)16(19)18-11-4-3-7-14(18)9-10-17/h5-6,8,14H,3-4,7,9-11,17H2,1-2H3. The maximum Gasteiger partial charge on any atom is 0.254 e. The lowest BCUT2D eigenvalue weighted by Gasteiger charge is -2.36. The normalized spacial score (nSPS) is 19.5. The van der Waals surface area contributed by atoms with Crippen molar-refractivity contribution in [3.63, 3.8) is 0 Å². The lowest BCUT2D eigenvalue weighted by molar-refractivity contribution is 0.0604. The molecule has 1 atom stereocenters. The molecule has 1 aromatic carbocycles. The summed E-state index contributed by atoms with van der Waals surface area (Å²) in [5.74, 6) is 0.180. The molecule has 1 aliphatic heterocycles. The summed E-state index contributed by atoms with van der Waals surface area (Å²) in [6, 6.07) is 6.29. The zero-order valence-electron chi connectivity index (χ0n) is 12.0. The van der Waals surface area contributed by atoms with Gasteiger partial charge in [0.2, 0.25) is 0 Å². The number of nitrogens with zero attached hydrogens (tertiary/aromatic N) is 1. The molecular weight excluding hydrogens is 236 g/mol. The number of rotatable bonds is 3. The van der Waals surface area contributed by atoms with Crippen molar-refractivity contribution in [2.45, 2.75) is 45.6 Å². The Morgan fingerprint density at radius 2 is 2.16 bits per heavy atom. The van der Waals surface area contributed by atoms with Gasteiger partial charge >= 0.3 is 0 Å². The fraction of sp³-hybridized carbons (Fsp3) is 0.562. The molecule has 3 nitrogen and oxygen atoms in total. The molecule has 0 radical (unpaired) electrons. The van der Waals surface area contributed by atoms with Crippen molar-refractivity contribution in [3.8, 4) is 0 Å². The summed E-state index contributed by atoms with van der Waals surface area (Å²) in [6.45, 7) is 5.61. The van der Waals surface area contributed by atoms with Crippen LogP contribution >= 0.6 is 0 Å². The monoisotopic (exact) mass is 260 g/mol. The highest BCUT2D eigenvalue weighted by atomic mass is 16.2. The highest BCUT2D eigenvalue weighted by Gasteiger charge is 2.27. The topological polar surface area (TPSA) is 46.3 Å². The number of likely N-dealkylation sites (tertiary alicyclic amines) is 1. The third kappa shape index (κ3) is 2.98. The van der Waals surface area contributed by atoms with Crippen LogP contribution in [0.1, 0.15) is 47.2 Å². The summed E-state index contributed by atoms with van der Waals surface area (Å²) in [4.78, 5) is 14.8. The van der Waals surface area contributed by atoms with Crippen molar-refractivity contribution in [2.75, 3.05) is 13.1 Å². The number of nitrogens with two attached hydrogens (primary N) is 1. The van der Waals surface area contributed by atoms with Gasteiger partial charge in [-0.15, -0.1) is 0 Å². The van der Waals surface area contributed by atoms with E-state index in [4.69, 9.17) is 5.73 Å². The first kappa shape index (κ1) is 14.1. The highest BCUT2D eigenvalue weighted by molar-refractivity contribution is 5.96. The number of carbonyl (C=O) groups excluding carboxylic acids is 1. The summed E-state index contributed by atoms with van der Waals surface area (Å²) >= 11 is 0. The van der Waals surface area contributed by atoms with Gasteiger partial charge in [-0.05, 0) is 63.3 Å². The van der Waals surface area contributed by atoms with Crippen LogP contribution in [0.4, 0.5) is 0 Å². The van der Waals surface area contributed by atoms with Gasteiger partial charge in [0.1, 0.15) is 0 Å². The summed E-state index contributed by atoms with van der Waals surface area (Å²) in [7, 11) is 0. The van der Waals surface area contributed by atoms with Crippen molar-refractivity contribution >= 4 is 5.91 Å². The van der Waals surface area contributed by atoms with Crippen LogP contribution in [0.25, 0.3) is 0 Å². The minimum Gasteiger partial charge on any atom is -0.336 e. The van der Waals surface area contributed by atoms with E-state index in [0.29, 0.717) is 12.6 Å². The Morgan fingerprint density at radius 3 is 2.89 bits per heavy atom. The van der Waals surface area contributed by atoms with Gasteiger partial charge < -0.3 is 10.6 Å². The van der Waals surface area contributed by atoms with E-state index in [2.05, 4.69) is 13.0 Å². The van der Waals surface area contributed by atoms with Gasteiger partial charge in [0.15, 0.2) is 0 Å². The number of aryl methyl sites for hydroxylation is 1. The molecule has 0 bridgehead atoms. The molecule has 3 heteroatoms. The Labute approximate surface area is 115 Å². The SMILES string of the molecule is Cc1cccc(C(=O)N2CCCCC2CCN)c1C. The molecule has 0 spiro atoms. The predicted octanol–water partition coefficient (Wildman–Crippen LogP) is 2.65. The van der Waals surface area contributed by atoms with Crippen molar-refractivity contribution < 1.29 is 4.79 Å². The first-order valence-corrected chi connectivity index (χ1v) is 7.22. The molecule has 1 heterocycles. The van der Waals surface area contributed by atoms with Gasteiger partial charge in [-0.1, -0.05) is 12.1 Å². The van der Waals surface area contributed by atoms with E-state index in [9.17, 15) is 4.79 Å². The Hall–Kier alpha value is -1.35. The predicted molar refractivity (Wildman–Crippen MR) is 78.3 cm³/mol. The minimum atomic E-state index is 0.180. The van der Waals surface area contributed by atoms with E-state index >= 15 is 0 Å². The highest BCUT2D eigenvalue weighted by Crippen LogP contribution is 2.23. The molecule has 1 amide bonds. The van der Waals surface area contributed by atoms with Gasteiger partial charge in [-0.2, -0.15) is 0 Å². The van der Waals surface area contributed by atoms with Crippen molar-refractivity contribution in [3.05, 3.63) is 34.9 Å². The number of carbonyl (C=O) groups is 1. The first-order chi connectivity index (χ1) is 9.15. The van der Waals surface area contributed by atoms with E-state index in [1.807, 2.05) is 24.0 Å². The van der Waals surface area contributed by atoms with Gasteiger partial charge in [0, 0.05) is 18.2 Å². The molecule has 1 aromatic rings. The van der Waals surface area contributed by atoms with E-state index in [1.165, 1.54) is 12.0 Å². The third-order valence-electron chi connectivity index (χ3n) is 4.22. The van der Waals surface area contributed by atoms with Gasteiger partial charge in [0.05, 0.1) is 0 Å². The fourth-order valence-corrected chi connectivity index (χ4v) is 2.90. The maximum absolute atomic E-state index is 12.7. The van der Waals surface area contributed by atoms with E-state index in [-0.39, 0.29) is 5.91 Å². The Balaban J connectivity index is 2.23. The van der Waals surface area contributed by atoms with E-state index in [1.54, 1.807) is 0 Å². The second kappa shape index (κ2) is 6.20. The van der Waals surface area contributed by atoms with Crippen LogP contribution in [-0.4, -0.2) is 29.9 Å². The number of piperidine rings is 1. The van der Waals surface area contributed by atoms with E-state index < -0.39 is 0 Å². The second-order valence-corrected chi connectivity index (χ2v) is 5.47. The fourth-order valence-electron chi connectivity index (χ4n) is 2.90. The molecule has 1 unspecified atom stereocenters. The molecule has 104 valence electrons. The molecule has 1 fully saturated rings. The van der Waals surface area contributed by atoms with Crippen LogP contribution in [0.15, 0.2) is 18.2 Å². The molecule has 0 saturated carbocycles. The van der Waals surface area contributed by atoms with Crippen LogP contribution in [0.3, 0.4) is 0 Å². The summed E-state index contributed by atoms with van der Waals surface area (Å²) < 4.78 is 0. The molecule has 2 rings (SSSR count). The summed E-state index contributed by atoms with van der Waals surface area (Å²) in [6.07, 6.45) is 4.32. The van der Waals surface area contributed by atoms with Crippen molar-refractivity contribution in [1.29, 1.82) is 0 Å².